The van der Waals surface area contributed by atoms with E-state index in [2.05, 4.69) is 6.58 Å². The van der Waals surface area contributed by atoms with Gasteiger partial charge in [0.05, 0.1) is 12.0 Å². The number of nitrogens with zero attached hydrogens (tertiary/aromatic N) is 1. The van der Waals surface area contributed by atoms with Crippen LogP contribution in [0, 0.1) is 11.3 Å². The predicted molar refractivity (Wildman–Crippen MR) is 67.3 cm³/mol. The highest BCUT2D eigenvalue weighted by Gasteiger charge is 2.52. The first-order valence-corrected chi connectivity index (χ1v) is 6.77. The topological polar surface area (TPSA) is 46.6 Å². The van der Waals surface area contributed by atoms with Crippen molar-refractivity contribution in [2.75, 3.05) is 6.54 Å². The van der Waals surface area contributed by atoms with Crippen LogP contribution in [0.3, 0.4) is 0 Å². The van der Waals surface area contributed by atoms with Gasteiger partial charge in [0.2, 0.25) is 0 Å². The molecule has 18 heavy (non-hydrogen) atoms. The Kier molecular flexibility index (Phi) is 3.73. The van der Waals surface area contributed by atoms with Crippen molar-refractivity contribution in [3.63, 3.8) is 0 Å². The third-order valence-corrected chi connectivity index (χ3v) is 4.22. The summed E-state index contributed by atoms with van der Waals surface area (Å²) in [6.07, 6.45) is 7.01. The second-order valence-electron chi connectivity index (χ2n) is 5.45. The van der Waals surface area contributed by atoms with Gasteiger partial charge in [-0.15, -0.1) is 0 Å². The number of rotatable bonds is 4. The zero-order valence-electron chi connectivity index (χ0n) is 11.0. The molecule has 2 rings (SSSR count). The molecule has 1 amide bonds. The van der Waals surface area contributed by atoms with Crippen LogP contribution in [0.25, 0.3) is 0 Å². The average molecular weight is 251 g/mol. The van der Waals surface area contributed by atoms with Crippen LogP contribution in [-0.4, -0.2) is 23.5 Å². The highest BCUT2D eigenvalue weighted by Crippen LogP contribution is 2.54. The quantitative estimate of drug-likeness (QED) is 0.569. The fourth-order valence-corrected chi connectivity index (χ4v) is 3.29. The number of fused-ring (bicyclic) bond motifs is 2. The molecule has 0 aliphatic heterocycles. The maximum atomic E-state index is 12.6. The van der Waals surface area contributed by atoms with Crippen molar-refractivity contribution in [2.45, 2.75) is 45.4 Å². The SMILES string of the molecule is C=CC(=O)ON(CCC)C(=O)C12CCC(CC1)C2. The summed E-state index contributed by atoms with van der Waals surface area (Å²) in [4.78, 5) is 29.0. The van der Waals surface area contributed by atoms with Crippen LogP contribution in [-0.2, 0) is 14.4 Å². The van der Waals surface area contributed by atoms with Crippen molar-refractivity contribution in [2.24, 2.45) is 11.3 Å². The van der Waals surface area contributed by atoms with Crippen molar-refractivity contribution >= 4 is 11.9 Å². The Morgan fingerprint density at radius 2 is 2.11 bits per heavy atom. The summed E-state index contributed by atoms with van der Waals surface area (Å²) >= 11 is 0. The van der Waals surface area contributed by atoms with Crippen LogP contribution in [0.5, 0.6) is 0 Å². The van der Waals surface area contributed by atoms with E-state index in [4.69, 9.17) is 4.84 Å². The molecular weight excluding hydrogens is 230 g/mol. The number of hydrogen-bond donors (Lipinski definition) is 0. The Hall–Kier alpha value is -1.32. The molecule has 0 heterocycles. The summed E-state index contributed by atoms with van der Waals surface area (Å²) in [5, 5.41) is 1.26. The number of amides is 1. The summed E-state index contributed by atoms with van der Waals surface area (Å²) in [6.45, 7) is 5.79. The molecule has 100 valence electrons. The van der Waals surface area contributed by atoms with Crippen LogP contribution in [0.15, 0.2) is 12.7 Å². The van der Waals surface area contributed by atoms with Gasteiger partial charge in [-0.2, -0.15) is 5.06 Å². The largest absolute Gasteiger partial charge is 0.355 e. The van der Waals surface area contributed by atoms with E-state index < -0.39 is 5.97 Å². The van der Waals surface area contributed by atoms with Crippen LogP contribution in [0.1, 0.15) is 45.4 Å². The molecule has 0 aromatic rings. The number of carbonyl (C=O) groups is 2. The molecule has 0 N–H and O–H groups in total. The Balaban J connectivity index is 2.07. The smallest absolute Gasteiger partial charge is 0.333 e. The fraction of sp³-hybridized carbons (Fsp3) is 0.714. The third-order valence-electron chi connectivity index (χ3n) is 4.22. The van der Waals surface area contributed by atoms with Crippen molar-refractivity contribution in [3.05, 3.63) is 12.7 Å². The summed E-state index contributed by atoms with van der Waals surface area (Å²) in [5.41, 5.74) is -0.249. The monoisotopic (exact) mass is 251 g/mol. The summed E-state index contributed by atoms with van der Waals surface area (Å²) in [6, 6.07) is 0. The van der Waals surface area contributed by atoms with E-state index in [0.29, 0.717) is 12.5 Å². The summed E-state index contributed by atoms with van der Waals surface area (Å²) in [7, 11) is 0. The van der Waals surface area contributed by atoms with Gasteiger partial charge in [0, 0.05) is 6.08 Å². The molecule has 0 aromatic heterocycles. The molecule has 4 heteroatoms. The van der Waals surface area contributed by atoms with E-state index in [1.165, 1.54) is 5.06 Å². The van der Waals surface area contributed by atoms with Gasteiger partial charge < -0.3 is 4.84 Å². The zero-order chi connectivity index (χ0) is 13.2. The van der Waals surface area contributed by atoms with Gasteiger partial charge in [-0.1, -0.05) is 13.5 Å². The molecule has 2 aliphatic rings. The highest BCUT2D eigenvalue weighted by atomic mass is 16.7. The Morgan fingerprint density at radius 3 is 2.56 bits per heavy atom. The fourth-order valence-electron chi connectivity index (χ4n) is 3.29. The first kappa shape index (κ1) is 13.1. The molecule has 0 atom stereocenters. The minimum Gasteiger partial charge on any atom is -0.333 e. The van der Waals surface area contributed by atoms with E-state index in [1.54, 1.807) is 0 Å². The summed E-state index contributed by atoms with van der Waals surface area (Å²) in [5.74, 6) is 0.146. The summed E-state index contributed by atoms with van der Waals surface area (Å²) < 4.78 is 0. The lowest BCUT2D eigenvalue weighted by Crippen LogP contribution is -2.43. The third kappa shape index (κ3) is 2.28. The molecule has 0 saturated heterocycles. The lowest BCUT2D eigenvalue weighted by molar-refractivity contribution is -0.200. The van der Waals surface area contributed by atoms with Crippen LogP contribution in [0.2, 0.25) is 0 Å². The molecule has 2 bridgehead atoms. The zero-order valence-corrected chi connectivity index (χ0v) is 11.0. The first-order valence-electron chi connectivity index (χ1n) is 6.77. The van der Waals surface area contributed by atoms with Gasteiger partial charge in [0.25, 0.3) is 5.91 Å². The second kappa shape index (κ2) is 5.12. The maximum Gasteiger partial charge on any atom is 0.355 e. The Bertz CT molecular complexity index is 356. The van der Waals surface area contributed by atoms with Crippen molar-refractivity contribution in [1.29, 1.82) is 0 Å². The van der Waals surface area contributed by atoms with Crippen LogP contribution in [0.4, 0.5) is 0 Å². The minimum atomic E-state index is -0.555. The van der Waals surface area contributed by atoms with Crippen molar-refractivity contribution in [1.82, 2.24) is 5.06 Å². The number of carbonyl (C=O) groups excluding carboxylic acids is 2. The van der Waals surface area contributed by atoms with Gasteiger partial charge in [-0.3, -0.25) is 4.79 Å². The van der Waals surface area contributed by atoms with Crippen LogP contribution >= 0.6 is 0 Å². The van der Waals surface area contributed by atoms with E-state index >= 15 is 0 Å². The molecule has 0 unspecified atom stereocenters. The average Bonchev–Trinajstić information content (AvgIpc) is 2.98. The molecule has 4 nitrogen and oxygen atoms in total. The lowest BCUT2D eigenvalue weighted by Gasteiger charge is -2.31. The van der Waals surface area contributed by atoms with E-state index in [-0.39, 0.29) is 11.3 Å². The molecule has 0 radical (unpaired) electrons. The van der Waals surface area contributed by atoms with E-state index in [0.717, 1.165) is 44.6 Å². The molecule has 2 aliphatic carbocycles. The standard InChI is InChI=1S/C14H21NO3/c1-3-9-15(18-12(16)4-2)13(17)14-7-5-11(10-14)6-8-14/h4,11H,2-3,5-10H2,1H3. The molecule has 2 saturated carbocycles. The second-order valence-corrected chi connectivity index (χ2v) is 5.45. The predicted octanol–water partition coefficient (Wildman–Crippen LogP) is 2.45. The van der Waals surface area contributed by atoms with E-state index in [9.17, 15) is 9.59 Å². The lowest BCUT2D eigenvalue weighted by atomic mass is 9.83. The molecular formula is C14H21NO3. The van der Waals surface area contributed by atoms with Crippen LogP contribution < -0.4 is 0 Å². The van der Waals surface area contributed by atoms with Gasteiger partial charge >= 0.3 is 5.97 Å². The van der Waals surface area contributed by atoms with Crippen molar-refractivity contribution < 1.29 is 14.4 Å². The number of hydrogen-bond acceptors (Lipinski definition) is 3. The number of hydroxylamine groups is 2. The van der Waals surface area contributed by atoms with Gasteiger partial charge in [-0.25, -0.2) is 4.79 Å². The molecule has 2 fully saturated rings. The molecule has 0 spiro atoms. The van der Waals surface area contributed by atoms with Gasteiger partial charge in [-0.05, 0) is 44.4 Å². The minimum absolute atomic E-state index is 0.000417. The van der Waals surface area contributed by atoms with Gasteiger partial charge in [0.15, 0.2) is 0 Å². The maximum absolute atomic E-state index is 12.6. The normalized spacial score (nSPS) is 29.1. The molecule has 0 aromatic carbocycles. The van der Waals surface area contributed by atoms with Gasteiger partial charge in [0.1, 0.15) is 0 Å². The Labute approximate surface area is 108 Å². The van der Waals surface area contributed by atoms with E-state index in [1.807, 2.05) is 6.92 Å². The highest BCUT2D eigenvalue weighted by molar-refractivity contribution is 5.86. The first-order chi connectivity index (χ1) is 8.61. The Morgan fingerprint density at radius 1 is 1.44 bits per heavy atom. The van der Waals surface area contributed by atoms with Crippen molar-refractivity contribution in [3.8, 4) is 0 Å².